The van der Waals surface area contributed by atoms with Crippen LogP contribution in [0.15, 0.2) is 46.2 Å². The number of fused-ring (bicyclic) bond motifs is 1. The monoisotopic (exact) mass is 482 g/mol. The number of sulfonamides is 1. The van der Waals surface area contributed by atoms with E-state index in [9.17, 15) is 18.5 Å². The van der Waals surface area contributed by atoms with Crippen molar-refractivity contribution in [3.8, 4) is 6.07 Å². The van der Waals surface area contributed by atoms with Crippen LogP contribution in [-0.2, 0) is 10.0 Å². The van der Waals surface area contributed by atoms with Crippen molar-refractivity contribution in [2.75, 3.05) is 12.4 Å². The van der Waals surface area contributed by atoms with Crippen molar-refractivity contribution in [2.24, 2.45) is 5.92 Å². The van der Waals surface area contributed by atoms with Gasteiger partial charge in [-0.3, -0.25) is 9.48 Å². The standard InChI is InChI=1S/C24H30N6O3S/c1-24(2,3)29(4)34(32,33)18-11-9-17(10-12-18)27-22-21-20(13-14-26-23(21)31)30(28-22)19-8-6-5-7-16(19)15-25/h9-14,16,19H,5-8H2,1-4H3,(H,26,31)(H,27,28)/t16?,19-/m0/s1. The number of benzene rings is 1. The Morgan fingerprint density at radius 1 is 1.18 bits per heavy atom. The molecule has 2 aromatic heterocycles. The first-order chi connectivity index (χ1) is 16.0. The van der Waals surface area contributed by atoms with Gasteiger partial charge < -0.3 is 10.3 Å². The molecule has 0 bridgehead atoms. The molecule has 1 aliphatic carbocycles. The quantitative estimate of drug-likeness (QED) is 0.563. The van der Waals surface area contributed by atoms with E-state index in [2.05, 4.69) is 16.4 Å². The second-order valence-electron chi connectivity index (χ2n) is 9.74. The molecule has 0 radical (unpaired) electrons. The molecule has 0 spiro atoms. The lowest BCUT2D eigenvalue weighted by molar-refractivity contribution is 0.277. The van der Waals surface area contributed by atoms with E-state index in [1.165, 1.54) is 16.4 Å². The molecule has 3 aromatic rings. The van der Waals surface area contributed by atoms with Gasteiger partial charge >= 0.3 is 0 Å². The van der Waals surface area contributed by atoms with Gasteiger partial charge in [-0.05, 0) is 63.9 Å². The average Bonchev–Trinajstić information content (AvgIpc) is 3.17. The van der Waals surface area contributed by atoms with E-state index in [-0.39, 0.29) is 22.4 Å². The SMILES string of the molecule is CN(C(C)(C)C)S(=O)(=O)c1ccc(Nc2nn([C@H]3CCCCC3C#N)c3cc[nH]c(=O)c23)cc1. The van der Waals surface area contributed by atoms with Crippen molar-refractivity contribution in [1.82, 2.24) is 19.1 Å². The first-order valence-electron chi connectivity index (χ1n) is 11.4. The van der Waals surface area contributed by atoms with Crippen molar-refractivity contribution in [3.05, 3.63) is 46.9 Å². The van der Waals surface area contributed by atoms with Gasteiger partial charge in [0.2, 0.25) is 10.0 Å². The number of aromatic nitrogens is 3. The number of nitriles is 1. The first kappa shape index (κ1) is 24.0. The number of nitrogens with one attached hydrogen (secondary N) is 2. The zero-order valence-electron chi connectivity index (χ0n) is 19.9. The maximum atomic E-state index is 12.9. The van der Waals surface area contributed by atoms with E-state index in [0.717, 1.165) is 25.7 Å². The molecular formula is C24H30N6O3S. The highest BCUT2D eigenvalue weighted by Gasteiger charge is 2.31. The molecule has 0 aliphatic heterocycles. The molecular weight excluding hydrogens is 452 g/mol. The lowest BCUT2D eigenvalue weighted by atomic mass is 9.85. The number of aromatic amines is 1. The summed E-state index contributed by atoms with van der Waals surface area (Å²) in [7, 11) is -2.09. The van der Waals surface area contributed by atoms with Crippen molar-refractivity contribution in [3.63, 3.8) is 0 Å². The van der Waals surface area contributed by atoms with Gasteiger partial charge in [-0.15, -0.1) is 0 Å². The van der Waals surface area contributed by atoms with Crippen LogP contribution in [0.4, 0.5) is 11.5 Å². The normalized spacial score (nSPS) is 19.3. The summed E-state index contributed by atoms with van der Waals surface area (Å²) in [5, 5.41) is 17.9. The Morgan fingerprint density at radius 3 is 2.50 bits per heavy atom. The largest absolute Gasteiger partial charge is 0.338 e. The van der Waals surface area contributed by atoms with E-state index >= 15 is 0 Å². The van der Waals surface area contributed by atoms with Crippen molar-refractivity contribution in [1.29, 1.82) is 5.26 Å². The number of H-pyrrole nitrogens is 1. The number of hydrogen-bond donors (Lipinski definition) is 2. The summed E-state index contributed by atoms with van der Waals surface area (Å²) in [5.74, 6) is 0.217. The zero-order valence-corrected chi connectivity index (χ0v) is 20.7. The van der Waals surface area contributed by atoms with Crippen molar-refractivity contribution in [2.45, 2.75) is 62.9 Å². The minimum atomic E-state index is -3.65. The molecule has 0 saturated heterocycles. The molecule has 1 unspecified atom stereocenters. The van der Waals surface area contributed by atoms with Crippen LogP contribution >= 0.6 is 0 Å². The number of anilines is 2. The number of pyridine rings is 1. The Kier molecular flexibility index (Phi) is 6.27. The fourth-order valence-corrected chi connectivity index (χ4v) is 5.88. The molecule has 4 rings (SSSR count). The van der Waals surface area contributed by atoms with Gasteiger partial charge in [0, 0.05) is 24.5 Å². The second kappa shape index (κ2) is 8.89. The molecule has 10 heteroatoms. The predicted octanol–water partition coefficient (Wildman–Crippen LogP) is 4.14. The highest BCUT2D eigenvalue weighted by atomic mass is 32.2. The minimum Gasteiger partial charge on any atom is -0.338 e. The molecule has 2 N–H and O–H groups in total. The number of hydrogen-bond acceptors (Lipinski definition) is 6. The zero-order chi connectivity index (χ0) is 24.7. The lowest BCUT2D eigenvalue weighted by Crippen LogP contribution is -2.42. The van der Waals surface area contributed by atoms with Gasteiger partial charge in [-0.25, -0.2) is 8.42 Å². The third-order valence-corrected chi connectivity index (χ3v) is 8.70. The average molecular weight is 483 g/mol. The summed E-state index contributed by atoms with van der Waals surface area (Å²) in [6, 6.07) is 10.5. The molecule has 1 saturated carbocycles. The summed E-state index contributed by atoms with van der Waals surface area (Å²) in [4.78, 5) is 15.6. The second-order valence-corrected chi connectivity index (χ2v) is 11.7. The molecule has 9 nitrogen and oxygen atoms in total. The van der Waals surface area contributed by atoms with Crippen LogP contribution in [0.1, 0.15) is 52.5 Å². The van der Waals surface area contributed by atoms with E-state index in [4.69, 9.17) is 5.10 Å². The summed E-state index contributed by atoms with van der Waals surface area (Å²) in [6.45, 7) is 5.51. The topological polar surface area (TPSA) is 124 Å². The van der Waals surface area contributed by atoms with Crippen LogP contribution in [0.2, 0.25) is 0 Å². The fraction of sp³-hybridized carbons (Fsp3) is 0.458. The molecule has 1 aromatic carbocycles. The van der Waals surface area contributed by atoms with Crippen LogP contribution in [0, 0.1) is 17.2 Å². The van der Waals surface area contributed by atoms with E-state index in [1.807, 2.05) is 20.8 Å². The van der Waals surface area contributed by atoms with Crippen molar-refractivity contribution >= 4 is 32.4 Å². The van der Waals surface area contributed by atoms with E-state index in [0.29, 0.717) is 22.4 Å². The third kappa shape index (κ3) is 4.33. The number of rotatable bonds is 5. The Bertz CT molecular complexity index is 1390. The summed E-state index contributed by atoms with van der Waals surface area (Å²) in [5.41, 5.74) is 0.446. The van der Waals surface area contributed by atoms with Gasteiger partial charge in [-0.2, -0.15) is 14.7 Å². The van der Waals surface area contributed by atoms with E-state index in [1.54, 1.807) is 36.1 Å². The Labute approximate surface area is 199 Å². The van der Waals surface area contributed by atoms with E-state index < -0.39 is 15.6 Å². The molecule has 2 heterocycles. The minimum absolute atomic E-state index is 0.0981. The van der Waals surface area contributed by atoms with Crippen LogP contribution < -0.4 is 10.9 Å². The summed E-state index contributed by atoms with van der Waals surface area (Å²) < 4.78 is 29.0. The van der Waals surface area contributed by atoms with Crippen LogP contribution in [-0.4, -0.2) is 40.1 Å². The smallest absolute Gasteiger partial charge is 0.261 e. The maximum absolute atomic E-state index is 12.9. The highest BCUT2D eigenvalue weighted by Crippen LogP contribution is 2.36. The fourth-order valence-electron chi connectivity index (χ4n) is 4.36. The Hall–Kier alpha value is -3.16. The molecule has 2 atom stereocenters. The molecule has 1 fully saturated rings. The van der Waals surface area contributed by atoms with Gasteiger partial charge in [0.15, 0.2) is 5.82 Å². The van der Waals surface area contributed by atoms with Crippen LogP contribution in [0.25, 0.3) is 10.9 Å². The third-order valence-electron chi connectivity index (χ3n) is 6.56. The van der Waals surface area contributed by atoms with Gasteiger partial charge in [0.1, 0.15) is 5.39 Å². The predicted molar refractivity (Wildman–Crippen MR) is 131 cm³/mol. The Morgan fingerprint density at radius 2 is 1.85 bits per heavy atom. The highest BCUT2D eigenvalue weighted by molar-refractivity contribution is 7.89. The molecule has 0 amide bonds. The Balaban J connectivity index is 1.69. The summed E-state index contributed by atoms with van der Waals surface area (Å²) in [6.07, 6.45) is 5.25. The van der Waals surface area contributed by atoms with Crippen LogP contribution in [0.5, 0.6) is 0 Å². The summed E-state index contributed by atoms with van der Waals surface area (Å²) >= 11 is 0. The maximum Gasteiger partial charge on any atom is 0.261 e. The first-order valence-corrected chi connectivity index (χ1v) is 12.8. The van der Waals surface area contributed by atoms with Gasteiger partial charge in [0.05, 0.1) is 28.4 Å². The molecule has 34 heavy (non-hydrogen) atoms. The molecule has 180 valence electrons. The lowest BCUT2D eigenvalue weighted by Gasteiger charge is -2.30. The van der Waals surface area contributed by atoms with Crippen molar-refractivity contribution < 1.29 is 8.42 Å². The number of nitrogens with zero attached hydrogens (tertiary/aromatic N) is 4. The van der Waals surface area contributed by atoms with Gasteiger partial charge in [0.25, 0.3) is 5.56 Å². The molecule has 1 aliphatic rings. The van der Waals surface area contributed by atoms with Crippen LogP contribution in [0.3, 0.4) is 0 Å². The van der Waals surface area contributed by atoms with Gasteiger partial charge in [-0.1, -0.05) is 12.8 Å².